The lowest BCUT2D eigenvalue weighted by Crippen LogP contribution is -2.25. The van der Waals surface area contributed by atoms with Crippen molar-refractivity contribution in [3.8, 4) is 0 Å². The average molecular weight is 288 g/mol. The molecule has 0 aliphatic rings. The van der Waals surface area contributed by atoms with Crippen molar-refractivity contribution in [2.45, 2.75) is 46.5 Å². The Hall–Kier alpha value is -1.77. The van der Waals surface area contributed by atoms with Crippen LogP contribution in [0.1, 0.15) is 46.5 Å². The van der Waals surface area contributed by atoms with Gasteiger partial charge < -0.3 is 10.2 Å². The number of carbonyl (C=O) groups excluding carboxylic acids is 1. The maximum Gasteiger partial charge on any atom is 0.250 e. The maximum atomic E-state index is 11.6. The molecular formula is C18H28N2O. The van der Waals surface area contributed by atoms with E-state index >= 15 is 0 Å². The van der Waals surface area contributed by atoms with Crippen molar-refractivity contribution in [3.05, 3.63) is 36.4 Å². The van der Waals surface area contributed by atoms with Crippen LogP contribution in [-0.2, 0) is 4.79 Å². The molecule has 1 amide bonds. The van der Waals surface area contributed by atoms with Crippen LogP contribution in [-0.4, -0.2) is 19.0 Å². The molecule has 0 aromatic heterocycles. The summed E-state index contributed by atoms with van der Waals surface area (Å²) in [6, 6.07) is 8.08. The van der Waals surface area contributed by atoms with Gasteiger partial charge in [-0.1, -0.05) is 33.3 Å². The minimum Gasteiger partial charge on any atom is -0.372 e. The number of rotatable bonds is 9. The minimum absolute atomic E-state index is 0.128. The molecule has 0 saturated carbocycles. The predicted octanol–water partition coefficient (Wildman–Crippen LogP) is 4.61. The SMILES string of the molecule is C=C(C)C(=O)Nc1ccc(N(CCCC)CCCC)cc1. The molecule has 3 heteroatoms. The molecule has 1 rings (SSSR count). The third-order valence-corrected chi connectivity index (χ3v) is 3.44. The third kappa shape index (κ3) is 6.03. The van der Waals surface area contributed by atoms with E-state index in [1.54, 1.807) is 6.92 Å². The van der Waals surface area contributed by atoms with Gasteiger partial charge in [0.2, 0.25) is 0 Å². The van der Waals surface area contributed by atoms with Crippen LogP contribution < -0.4 is 10.2 Å². The predicted molar refractivity (Wildman–Crippen MR) is 91.9 cm³/mol. The van der Waals surface area contributed by atoms with Crippen LogP contribution in [0.2, 0.25) is 0 Å². The number of hydrogen-bond donors (Lipinski definition) is 1. The molecule has 0 aliphatic heterocycles. The first-order valence-corrected chi connectivity index (χ1v) is 7.90. The molecule has 1 N–H and O–H groups in total. The Labute approximate surface area is 129 Å². The van der Waals surface area contributed by atoms with Gasteiger partial charge in [0.15, 0.2) is 0 Å². The summed E-state index contributed by atoms with van der Waals surface area (Å²) in [4.78, 5) is 14.0. The zero-order valence-electron chi connectivity index (χ0n) is 13.6. The van der Waals surface area contributed by atoms with Crippen LogP contribution in [0.25, 0.3) is 0 Å². The molecule has 116 valence electrons. The number of unbranched alkanes of at least 4 members (excludes halogenated alkanes) is 2. The first-order chi connectivity index (χ1) is 10.1. The van der Waals surface area contributed by atoms with Crippen molar-refractivity contribution in [1.82, 2.24) is 0 Å². The van der Waals surface area contributed by atoms with Crippen molar-refractivity contribution in [2.75, 3.05) is 23.3 Å². The summed E-state index contributed by atoms with van der Waals surface area (Å²) in [7, 11) is 0. The second kappa shape index (κ2) is 9.22. The van der Waals surface area contributed by atoms with Gasteiger partial charge in [-0.2, -0.15) is 0 Å². The van der Waals surface area contributed by atoms with E-state index in [1.165, 1.54) is 31.4 Å². The molecule has 1 aromatic rings. The van der Waals surface area contributed by atoms with Gasteiger partial charge in [0, 0.05) is 30.0 Å². The summed E-state index contributed by atoms with van der Waals surface area (Å²) in [6.45, 7) is 12.0. The summed E-state index contributed by atoms with van der Waals surface area (Å²) >= 11 is 0. The number of benzene rings is 1. The Kier molecular flexibility index (Phi) is 7.59. The lowest BCUT2D eigenvalue weighted by molar-refractivity contribution is -0.112. The molecule has 0 aliphatic carbocycles. The Bertz CT molecular complexity index is 443. The number of hydrogen-bond acceptors (Lipinski definition) is 2. The van der Waals surface area contributed by atoms with Gasteiger partial charge in [0.25, 0.3) is 5.91 Å². The first-order valence-electron chi connectivity index (χ1n) is 7.90. The van der Waals surface area contributed by atoms with E-state index in [0.29, 0.717) is 5.57 Å². The standard InChI is InChI=1S/C18H28N2O/c1-5-7-13-20(14-8-6-2)17-11-9-16(10-12-17)19-18(21)15(3)4/h9-12H,3,5-8,13-14H2,1-2,4H3,(H,19,21). The molecule has 0 radical (unpaired) electrons. The van der Waals surface area contributed by atoms with Gasteiger partial charge in [-0.25, -0.2) is 0 Å². The summed E-state index contributed by atoms with van der Waals surface area (Å²) in [6.07, 6.45) is 4.82. The van der Waals surface area contributed by atoms with E-state index in [4.69, 9.17) is 0 Å². The largest absolute Gasteiger partial charge is 0.372 e. The minimum atomic E-state index is -0.128. The van der Waals surface area contributed by atoms with Crippen LogP contribution in [0.3, 0.4) is 0 Å². The Balaban J connectivity index is 2.71. The van der Waals surface area contributed by atoms with Gasteiger partial charge in [0.05, 0.1) is 0 Å². The second-order valence-electron chi connectivity index (χ2n) is 5.48. The maximum absolute atomic E-state index is 11.6. The van der Waals surface area contributed by atoms with Gasteiger partial charge in [-0.3, -0.25) is 4.79 Å². The Morgan fingerprint density at radius 3 is 2.05 bits per heavy atom. The smallest absolute Gasteiger partial charge is 0.250 e. The van der Waals surface area contributed by atoms with Crippen molar-refractivity contribution in [3.63, 3.8) is 0 Å². The summed E-state index contributed by atoms with van der Waals surface area (Å²) in [5, 5.41) is 2.84. The molecule has 1 aromatic carbocycles. The third-order valence-electron chi connectivity index (χ3n) is 3.44. The number of carbonyl (C=O) groups is 1. The molecule has 0 unspecified atom stereocenters. The van der Waals surface area contributed by atoms with Gasteiger partial charge in [-0.05, 0) is 44.0 Å². The fraction of sp³-hybridized carbons (Fsp3) is 0.500. The highest BCUT2D eigenvalue weighted by Gasteiger charge is 2.07. The van der Waals surface area contributed by atoms with E-state index in [0.717, 1.165) is 18.8 Å². The number of anilines is 2. The lowest BCUT2D eigenvalue weighted by Gasteiger charge is -2.25. The van der Waals surface area contributed by atoms with Crippen LogP contribution in [0.4, 0.5) is 11.4 Å². The van der Waals surface area contributed by atoms with E-state index in [1.807, 2.05) is 12.1 Å². The molecule has 21 heavy (non-hydrogen) atoms. The summed E-state index contributed by atoms with van der Waals surface area (Å²) in [5.74, 6) is -0.128. The average Bonchev–Trinajstić information content (AvgIpc) is 2.48. The fourth-order valence-corrected chi connectivity index (χ4v) is 2.06. The molecule has 0 bridgehead atoms. The van der Waals surface area contributed by atoms with Crippen molar-refractivity contribution < 1.29 is 4.79 Å². The topological polar surface area (TPSA) is 32.3 Å². The molecular weight excluding hydrogens is 260 g/mol. The molecule has 0 spiro atoms. The summed E-state index contributed by atoms with van der Waals surface area (Å²) < 4.78 is 0. The fourth-order valence-electron chi connectivity index (χ4n) is 2.06. The van der Waals surface area contributed by atoms with Gasteiger partial charge in [0.1, 0.15) is 0 Å². The Morgan fingerprint density at radius 2 is 1.62 bits per heavy atom. The molecule has 3 nitrogen and oxygen atoms in total. The van der Waals surface area contributed by atoms with Crippen LogP contribution >= 0.6 is 0 Å². The first kappa shape index (κ1) is 17.3. The van der Waals surface area contributed by atoms with Crippen molar-refractivity contribution in [1.29, 1.82) is 0 Å². The highest BCUT2D eigenvalue weighted by Crippen LogP contribution is 2.19. The normalized spacial score (nSPS) is 10.2. The van der Waals surface area contributed by atoms with Crippen molar-refractivity contribution >= 4 is 17.3 Å². The van der Waals surface area contributed by atoms with E-state index in [9.17, 15) is 4.79 Å². The monoisotopic (exact) mass is 288 g/mol. The molecule has 0 atom stereocenters. The Morgan fingerprint density at radius 1 is 1.10 bits per heavy atom. The van der Waals surface area contributed by atoms with Crippen LogP contribution in [0, 0.1) is 0 Å². The number of nitrogens with zero attached hydrogens (tertiary/aromatic N) is 1. The van der Waals surface area contributed by atoms with Crippen LogP contribution in [0.5, 0.6) is 0 Å². The number of amides is 1. The van der Waals surface area contributed by atoms with Gasteiger partial charge in [-0.15, -0.1) is 0 Å². The summed E-state index contributed by atoms with van der Waals surface area (Å²) in [5.41, 5.74) is 2.56. The zero-order valence-corrected chi connectivity index (χ0v) is 13.6. The highest BCUT2D eigenvalue weighted by atomic mass is 16.1. The second-order valence-corrected chi connectivity index (χ2v) is 5.48. The molecule has 0 heterocycles. The quantitative estimate of drug-likeness (QED) is 0.673. The zero-order chi connectivity index (χ0) is 15.7. The number of nitrogens with one attached hydrogen (secondary N) is 1. The molecule has 0 fully saturated rings. The highest BCUT2D eigenvalue weighted by molar-refractivity contribution is 6.02. The van der Waals surface area contributed by atoms with E-state index in [-0.39, 0.29) is 5.91 Å². The van der Waals surface area contributed by atoms with E-state index < -0.39 is 0 Å². The van der Waals surface area contributed by atoms with Gasteiger partial charge >= 0.3 is 0 Å². The van der Waals surface area contributed by atoms with E-state index in [2.05, 4.69) is 42.8 Å². The lowest BCUT2D eigenvalue weighted by atomic mass is 10.2. The van der Waals surface area contributed by atoms with Crippen molar-refractivity contribution in [2.24, 2.45) is 0 Å². The van der Waals surface area contributed by atoms with Crippen LogP contribution in [0.15, 0.2) is 36.4 Å². The molecule has 0 saturated heterocycles.